The summed E-state index contributed by atoms with van der Waals surface area (Å²) in [5.74, 6) is 0. The first kappa shape index (κ1) is 18.1. The van der Waals surface area contributed by atoms with Gasteiger partial charge in [-0.1, -0.05) is 42.7 Å². The van der Waals surface area contributed by atoms with Gasteiger partial charge in [0.25, 0.3) is 0 Å². The molecule has 2 aliphatic heterocycles. The fraction of sp³-hybridized carbons (Fsp3) is 0.600. The summed E-state index contributed by atoms with van der Waals surface area (Å²) in [6.45, 7) is 6.55. The van der Waals surface area contributed by atoms with Crippen LogP contribution >= 0.6 is 0 Å². The Kier molecular flexibility index (Phi) is 6.89. The van der Waals surface area contributed by atoms with Gasteiger partial charge < -0.3 is 8.85 Å². The van der Waals surface area contributed by atoms with Crippen LogP contribution in [0.4, 0.5) is 0 Å². The average Bonchev–Trinajstić information content (AvgIpc) is 2.62. The van der Waals surface area contributed by atoms with Gasteiger partial charge in [-0.15, -0.1) is 0 Å². The monoisotopic (exact) mass is 360 g/mol. The molecule has 0 radical (unpaired) electrons. The Labute approximate surface area is 150 Å². The Hall–Kier alpha value is -0.686. The topological polar surface area (TPSA) is 18.5 Å². The molecule has 24 heavy (non-hydrogen) atoms. The highest BCUT2D eigenvalue weighted by Crippen LogP contribution is 2.31. The van der Waals surface area contributed by atoms with Crippen LogP contribution in [0.1, 0.15) is 50.7 Å². The predicted octanol–water partition coefficient (Wildman–Crippen LogP) is 4.63. The van der Waals surface area contributed by atoms with Crippen LogP contribution in [-0.4, -0.2) is 31.3 Å². The summed E-state index contributed by atoms with van der Waals surface area (Å²) < 4.78 is 12.3. The van der Waals surface area contributed by atoms with Gasteiger partial charge in [-0.25, -0.2) is 0 Å². The van der Waals surface area contributed by atoms with Crippen molar-refractivity contribution >= 4 is 23.7 Å². The van der Waals surface area contributed by atoms with Crippen LogP contribution in [-0.2, 0) is 14.9 Å². The van der Waals surface area contributed by atoms with E-state index in [1.807, 2.05) is 0 Å². The van der Waals surface area contributed by atoms with Gasteiger partial charge in [-0.2, -0.15) is 0 Å². The molecule has 2 saturated heterocycles. The van der Waals surface area contributed by atoms with Gasteiger partial charge in [0.05, 0.1) is 0 Å². The van der Waals surface area contributed by atoms with Gasteiger partial charge in [-0.3, -0.25) is 0 Å². The van der Waals surface area contributed by atoms with E-state index in [4.69, 9.17) is 8.85 Å². The summed E-state index contributed by atoms with van der Waals surface area (Å²) in [6, 6.07) is 14.2. The smallest absolute Gasteiger partial charge is 0.181 e. The Morgan fingerprint density at radius 1 is 0.917 bits per heavy atom. The lowest BCUT2D eigenvalue weighted by molar-refractivity contribution is 0.286. The third-order valence-electron chi connectivity index (χ3n) is 5.37. The van der Waals surface area contributed by atoms with E-state index in [9.17, 15) is 0 Å². The molecule has 4 heteroatoms. The third kappa shape index (κ3) is 4.91. The molecule has 1 aromatic carbocycles. The molecule has 0 aromatic heterocycles. The SMILES string of the molecule is CC(C)=C(C[SiH]1CCCCO1)c1ccccc1C[SiH]1CCCCO1. The molecule has 2 unspecified atom stereocenters. The predicted molar refractivity (Wildman–Crippen MR) is 108 cm³/mol. The standard InChI is InChI=1S/C20H32O2Si2/c1-17(2)20(16-24-14-8-6-12-22-24)19-10-4-3-9-18(19)15-23-13-7-5-11-21-23/h3-4,9-10,23-24H,5-8,11-16H2,1-2H3. The third-order valence-corrected chi connectivity index (χ3v) is 10.7. The van der Waals surface area contributed by atoms with Crippen LogP contribution in [0.3, 0.4) is 0 Å². The van der Waals surface area contributed by atoms with Crippen LogP contribution in [0.5, 0.6) is 0 Å². The van der Waals surface area contributed by atoms with E-state index in [0.29, 0.717) is 0 Å². The van der Waals surface area contributed by atoms with Crippen molar-refractivity contribution in [1.29, 1.82) is 0 Å². The second-order valence-corrected chi connectivity index (χ2v) is 12.6. The lowest BCUT2D eigenvalue weighted by Crippen LogP contribution is -2.27. The van der Waals surface area contributed by atoms with Crippen LogP contribution in [0.2, 0.25) is 18.1 Å². The van der Waals surface area contributed by atoms with Gasteiger partial charge in [0, 0.05) is 13.2 Å². The molecule has 2 nitrogen and oxygen atoms in total. The summed E-state index contributed by atoms with van der Waals surface area (Å²) >= 11 is 0. The van der Waals surface area contributed by atoms with Crippen LogP contribution in [0, 0.1) is 0 Å². The van der Waals surface area contributed by atoms with Gasteiger partial charge in [0.2, 0.25) is 0 Å². The number of hydrogen-bond acceptors (Lipinski definition) is 2. The largest absolute Gasteiger partial charge is 0.420 e. The first-order chi connectivity index (χ1) is 11.7. The van der Waals surface area contributed by atoms with Crippen molar-refractivity contribution in [3.8, 4) is 0 Å². The van der Waals surface area contributed by atoms with Crippen molar-refractivity contribution < 1.29 is 8.85 Å². The number of hydrogen-bond donors (Lipinski definition) is 0. The van der Waals surface area contributed by atoms with Crippen molar-refractivity contribution in [3.05, 3.63) is 41.0 Å². The van der Waals surface area contributed by atoms with Gasteiger partial charge in [0.1, 0.15) is 0 Å². The minimum atomic E-state index is -1.05. The Bertz CT molecular complexity index is 555. The molecule has 0 amide bonds. The van der Waals surface area contributed by atoms with Gasteiger partial charge in [-0.05, 0) is 67.6 Å². The summed E-state index contributed by atoms with van der Waals surface area (Å²) in [5, 5.41) is 0. The molecule has 3 rings (SSSR count). The van der Waals surface area contributed by atoms with E-state index in [1.54, 1.807) is 5.57 Å². The summed E-state index contributed by atoms with van der Waals surface area (Å²) in [7, 11) is -2.09. The van der Waals surface area contributed by atoms with E-state index in [-0.39, 0.29) is 0 Å². The zero-order chi connectivity index (χ0) is 16.8. The lowest BCUT2D eigenvalue weighted by Gasteiger charge is -2.26. The van der Waals surface area contributed by atoms with E-state index in [1.165, 1.54) is 66.6 Å². The molecule has 0 bridgehead atoms. The van der Waals surface area contributed by atoms with Gasteiger partial charge in [0.15, 0.2) is 18.1 Å². The molecule has 2 heterocycles. The minimum absolute atomic E-state index is 0.997. The second kappa shape index (κ2) is 9.13. The molecule has 0 spiro atoms. The van der Waals surface area contributed by atoms with Crippen LogP contribution < -0.4 is 0 Å². The summed E-state index contributed by atoms with van der Waals surface area (Å²) in [6.07, 6.45) is 5.26. The van der Waals surface area contributed by atoms with Crippen LogP contribution in [0.15, 0.2) is 29.8 Å². The summed E-state index contributed by atoms with van der Waals surface area (Å²) in [4.78, 5) is 0. The fourth-order valence-corrected chi connectivity index (χ4v) is 9.38. The van der Waals surface area contributed by atoms with Crippen molar-refractivity contribution in [2.45, 2.75) is 63.7 Å². The van der Waals surface area contributed by atoms with Gasteiger partial charge >= 0.3 is 0 Å². The molecule has 132 valence electrons. The Morgan fingerprint density at radius 2 is 1.58 bits per heavy atom. The molecule has 0 saturated carbocycles. The number of rotatable bonds is 5. The lowest BCUT2D eigenvalue weighted by atomic mass is 9.98. The maximum Gasteiger partial charge on any atom is 0.181 e. The highest BCUT2D eigenvalue weighted by Gasteiger charge is 2.23. The minimum Gasteiger partial charge on any atom is -0.420 e. The first-order valence-corrected chi connectivity index (χ1v) is 13.9. The number of allylic oxidation sites excluding steroid dienone is 2. The van der Waals surface area contributed by atoms with E-state index in [0.717, 1.165) is 13.2 Å². The van der Waals surface area contributed by atoms with Crippen LogP contribution in [0.25, 0.3) is 5.57 Å². The molecular formula is C20H32O2Si2. The molecule has 0 N–H and O–H groups in total. The molecule has 1 aromatic rings. The molecule has 2 aliphatic rings. The zero-order valence-electron chi connectivity index (χ0n) is 15.4. The van der Waals surface area contributed by atoms with E-state index < -0.39 is 18.1 Å². The maximum absolute atomic E-state index is 6.16. The Balaban J connectivity index is 1.78. The molecule has 2 atom stereocenters. The molecule has 2 fully saturated rings. The first-order valence-electron chi connectivity index (χ1n) is 9.72. The average molecular weight is 361 g/mol. The second-order valence-electron chi connectivity index (χ2n) is 7.52. The van der Waals surface area contributed by atoms with E-state index in [2.05, 4.69) is 38.1 Å². The van der Waals surface area contributed by atoms with E-state index >= 15 is 0 Å². The van der Waals surface area contributed by atoms with Crippen molar-refractivity contribution in [1.82, 2.24) is 0 Å². The molecular weight excluding hydrogens is 328 g/mol. The quantitative estimate of drug-likeness (QED) is 0.713. The highest BCUT2D eigenvalue weighted by atomic mass is 28.3. The van der Waals surface area contributed by atoms with Crippen molar-refractivity contribution in [2.75, 3.05) is 13.2 Å². The highest BCUT2D eigenvalue weighted by molar-refractivity contribution is 6.54. The summed E-state index contributed by atoms with van der Waals surface area (Å²) in [5.41, 5.74) is 6.04. The Morgan fingerprint density at radius 3 is 2.21 bits per heavy atom. The van der Waals surface area contributed by atoms with Crippen molar-refractivity contribution in [2.24, 2.45) is 0 Å². The maximum atomic E-state index is 6.16. The van der Waals surface area contributed by atoms with Crippen molar-refractivity contribution in [3.63, 3.8) is 0 Å². The number of benzene rings is 1. The fourth-order valence-electron chi connectivity index (χ4n) is 3.99. The zero-order valence-corrected chi connectivity index (χ0v) is 17.7. The normalized spacial score (nSPS) is 24.6. The molecule has 0 aliphatic carbocycles.